The predicted molar refractivity (Wildman–Crippen MR) is 68.4 cm³/mol. The summed E-state index contributed by atoms with van der Waals surface area (Å²) in [5, 5.41) is 8.63. The molecule has 0 aliphatic heterocycles. The molecule has 0 fully saturated rings. The number of alkyl halides is 3. The maximum Gasteiger partial charge on any atom is 0.416 e. The van der Waals surface area contributed by atoms with Crippen LogP contribution < -0.4 is 0 Å². The summed E-state index contributed by atoms with van der Waals surface area (Å²) in [6, 6.07) is 4.98. The molecule has 0 saturated carbocycles. The van der Waals surface area contributed by atoms with Crippen molar-refractivity contribution in [2.75, 3.05) is 0 Å². The van der Waals surface area contributed by atoms with Crippen LogP contribution in [0.15, 0.2) is 36.7 Å². The fourth-order valence-corrected chi connectivity index (χ4v) is 1.77. The Balaban J connectivity index is 2.30. The second-order valence-electron chi connectivity index (χ2n) is 4.37. The summed E-state index contributed by atoms with van der Waals surface area (Å²) in [5.41, 5.74) is 0.262. The Kier molecular flexibility index (Phi) is 4.21. The van der Waals surface area contributed by atoms with Crippen molar-refractivity contribution in [1.29, 1.82) is 0 Å². The summed E-state index contributed by atoms with van der Waals surface area (Å²) in [5.74, 6) is -0.939. The van der Waals surface area contributed by atoms with Crippen molar-refractivity contribution in [3.05, 3.63) is 47.8 Å². The van der Waals surface area contributed by atoms with Crippen molar-refractivity contribution in [3.8, 4) is 11.4 Å². The molecule has 2 rings (SSSR count). The summed E-state index contributed by atoms with van der Waals surface area (Å²) < 4.78 is 38.0. The molecule has 0 aromatic carbocycles. The molecule has 0 spiro atoms. The van der Waals surface area contributed by atoms with Gasteiger partial charge in [0.1, 0.15) is 0 Å². The lowest BCUT2D eigenvalue weighted by molar-refractivity contribution is -0.138. The third kappa shape index (κ3) is 4.01. The number of hydrogen-bond acceptors (Lipinski definition) is 3. The van der Waals surface area contributed by atoms with Crippen molar-refractivity contribution >= 4 is 5.97 Å². The number of halogens is 3. The topological polar surface area (TPSA) is 63.1 Å². The second kappa shape index (κ2) is 5.90. The molecule has 0 amide bonds. The number of carbonyl (C=O) groups is 1. The quantitative estimate of drug-likeness (QED) is 0.941. The molecule has 0 atom stereocenters. The fourth-order valence-electron chi connectivity index (χ4n) is 1.77. The molecule has 110 valence electrons. The Morgan fingerprint density at radius 3 is 2.33 bits per heavy atom. The van der Waals surface area contributed by atoms with Crippen LogP contribution in [0.5, 0.6) is 0 Å². The first-order valence-corrected chi connectivity index (χ1v) is 6.06. The number of aliphatic carboxylic acids is 1. The van der Waals surface area contributed by atoms with Gasteiger partial charge in [0, 0.05) is 18.8 Å². The molecule has 4 nitrogen and oxygen atoms in total. The molecule has 1 N–H and O–H groups in total. The van der Waals surface area contributed by atoms with Crippen molar-refractivity contribution in [3.63, 3.8) is 0 Å². The molecule has 0 aliphatic rings. The highest BCUT2D eigenvalue weighted by Crippen LogP contribution is 2.30. The van der Waals surface area contributed by atoms with Crippen LogP contribution in [-0.2, 0) is 17.4 Å². The van der Waals surface area contributed by atoms with Crippen LogP contribution >= 0.6 is 0 Å². The summed E-state index contributed by atoms with van der Waals surface area (Å²) in [6.07, 6.45) is -1.72. The van der Waals surface area contributed by atoms with E-state index in [1.165, 1.54) is 6.20 Å². The van der Waals surface area contributed by atoms with Crippen LogP contribution in [0.2, 0.25) is 0 Å². The predicted octanol–water partition coefficient (Wildman–Crippen LogP) is 3.18. The van der Waals surface area contributed by atoms with E-state index in [0.29, 0.717) is 5.56 Å². The van der Waals surface area contributed by atoms with Crippen molar-refractivity contribution in [1.82, 2.24) is 9.97 Å². The van der Waals surface area contributed by atoms with E-state index in [2.05, 4.69) is 9.97 Å². The molecule has 0 radical (unpaired) electrons. The maximum atomic E-state index is 12.7. The summed E-state index contributed by atoms with van der Waals surface area (Å²) in [7, 11) is 0. The van der Waals surface area contributed by atoms with E-state index in [9.17, 15) is 18.0 Å². The first-order chi connectivity index (χ1) is 9.86. The zero-order valence-corrected chi connectivity index (χ0v) is 10.8. The molecule has 0 aliphatic carbocycles. The summed E-state index contributed by atoms with van der Waals surface area (Å²) in [6.45, 7) is 0. The number of carboxylic acid groups (broad SMARTS) is 1. The first-order valence-electron chi connectivity index (χ1n) is 6.06. The van der Waals surface area contributed by atoms with Gasteiger partial charge >= 0.3 is 12.1 Å². The molecule has 2 aromatic heterocycles. The highest BCUT2D eigenvalue weighted by Gasteiger charge is 2.30. The lowest BCUT2D eigenvalue weighted by atomic mass is 10.1. The van der Waals surface area contributed by atoms with Gasteiger partial charge in [0.05, 0.1) is 17.0 Å². The zero-order chi connectivity index (χ0) is 15.5. The Bertz CT molecular complexity index is 657. The third-order valence-corrected chi connectivity index (χ3v) is 2.80. The minimum absolute atomic E-state index is 0.0561. The highest BCUT2D eigenvalue weighted by atomic mass is 19.4. The minimum atomic E-state index is -4.45. The van der Waals surface area contributed by atoms with E-state index in [1.807, 2.05) is 0 Å². The van der Waals surface area contributed by atoms with Gasteiger partial charge in [0.2, 0.25) is 0 Å². The van der Waals surface area contributed by atoms with E-state index in [-0.39, 0.29) is 24.2 Å². The third-order valence-electron chi connectivity index (χ3n) is 2.80. The Hall–Kier alpha value is -2.44. The smallest absolute Gasteiger partial charge is 0.416 e. The van der Waals surface area contributed by atoms with E-state index >= 15 is 0 Å². The van der Waals surface area contributed by atoms with Gasteiger partial charge in [-0.1, -0.05) is 0 Å². The maximum absolute atomic E-state index is 12.7. The highest BCUT2D eigenvalue weighted by molar-refractivity contribution is 5.67. The van der Waals surface area contributed by atoms with Gasteiger partial charge in [-0.2, -0.15) is 13.2 Å². The Morgan fingerprint density at radius 2 is 1.71 bits per heavy atom. The number of rotatable bonds is 4. The molecule has 21 heavy (non-hydrogen) atoms. The van der Waals surface area contributed by atoms with Crippen LogP contribution in [0.1, 0.15) is 17.5 Å². The molecule has 7 heteroatoms. The fraction of sp³-hybridized carbons (Fsp3) is 0.214. The van der Waals surface area contributed by atoms with Gasteiger partial charge in [0.25, 0.3) is 0 Å². The number of hydrogen-bond donors (Lipinski definition) is 1. The van der Waals surface area contributed by atoms with E-state index in [0.717, 1.165) is 18.3 Å². The molecular weight excluding hydrogens is 285 g/mol. The lowest BCUT2D eigenvalue weighted by Crippen LogP contribution is -2.05. The normalized spacial score (nSPS) is 11.4. The van der Waals surface area contributed by atoms with E-state index in [4.69, 9.17) is 5.11 Å². The van der Waals surface area contributed by atoms with Crippen LogP contribution in [0.25, 0.3) is 11.4 Å². The minimum Gasteiger partial charge on any atom is -0.481 e. The van der Waals surface area contributed by atoms with Crippen molar-refractivity contribution in [2.24, 2.45) is 0 Å². The van der Waals surface area contributed by atoms with Crippen LogP contribution in [0.3, 0.4) is 0 Å². The van der Waals surface area contributed by atoms with Crippen LogP contribution in [0, 0.1) is 0 Å². The Labute approximate surface area is 118 Å². The first kappa shape index (κ1) is 15.0. The molecule has 2 aromatic rings. The number of nitrogens with zero attached hydrogens (tertiary/aromatic N) is 2. The monoisotopic (exact) mass is 296 g/mol. The SMILES string of the molecule is O=C(O)CCc1ccnc(-c2cc(C(F)(F)F)ccn2)c1. The number of aromatic nitrogens is 2. The van der Waals surface area contributed by atoms with Gasteiger partial charge < -0.3 is 5.11 Å². The van der Waals surface area contributed by atoms with Crippen molar-refractivity contribution < 1.29 is 23.1 Å². The standard InChI is InChI=1S/C14H11F3N2O2/c15-14(16,17)10-4-6-19-12(8-10)11-7-9(3-5-18-11)1-2-13(20)21/h3-8H,1-2H2,(H,20,21). The molecule has 2 heterocycles. The number of carboxylic acids is 1. The van der Waals surface area contributed by atoms with E-state index < -0.39 is 17.7 Å². The van der Waals surface area contributed by atoms with Gasteiger partial charge in [-0.25, -0.2) is 0 Å². The van der Waals surface area contributed by atoms with Gasteiger partial charge in [0.15, 0.2) is 0 Å². The average Bonchev–Trinajstić information content (AvgIpc) is 2.45. The van der Waals surface area contributed by atoms with Gasteiger partial charge in [-0.15, -0.1) is 0 Å². The number of pyridine rings is 2. The van der Waals surface area contributed by atoms with Crippen LogP contribution in [0.4, 0.5) is 13.2 Å². The Morgan fingerprint density at radius 1 is 1.10 bits per heavy atom. The van der Waals surface area contributed by atoms with E-state index in [1.54, 1.807) is 12.1 Å². The molecule has 0 bridgehead atoms. The summed E-state index contributed by atoms with van der Waals surface area (Å²) in [4.78, 5) is 18.4. The van der Waals surface area contributed by atoms with Crippen LogP contribution in [-0.4, -0.2) is 21.0 Å². The largest absolute Gasteiger partial charge is 0.481 e. The summed E-state index contributed by atoms with van der Waals surface area (Å²) >= 11 is 0. The van der Waals surface area contributed by atoms with Gasteiger partial charge in [-0.3, -0.25) is 14.8 Å². The lowest BCUT2D eigenvalue weighted by Gasteiger charge is -2.08. The zero-order valence-electron chi connectivity index (χ0n) is 10.8. The second-order valence-corrected chi connectivity index (χ2v) is 4.37. The molecular formula is C14H11F3N2O2. The van der Waals surface area contributed by atoms with Crippen molar-refractivity contribution in [2.45, 2.75) is 19.0 Å². The molecule has 0 saturated heterocycles. The average molecular weight is 296 g/mol. The number of aryl methyl sites for hydroxylation is 1. The van der Waals surface area contributed by atoms with Gasteiger partial charge in [-0.05, 0) is 36.2 Å². The molecule has 0 unspecified atom stereocenters.